The molecule has 0 aliphatic carbocycles. The van der Waals surface area contributed by atoms with Gasteiger partial charge in [-0.05, 0) is 33.6 Å². The van der Waals surface area contributed by atoms with Crippen molar-refractivity contribution in [2.24, 2.45) is 0 Å². The molecule has 0 aromatic carbocycles. The molecule has 0 spiro atoms. The van der Waals surface area contributed by atoms with E-state index in [1.165, 1.54) is 0 Å². The Morgan fingerprint density at radius 2 is 2.36 bits per heavy atom. The third-order valence-corrected chi connectivity index (χ3v) is 2.14. The molecule has 0 unspecified atom stereocenters. The normalized spacial score (nSPS) is 10.7. The average molecular weight is 232 g/mol. The van der Waals surface area contributed by atoms with Crippen LogP contribution in [0.15, 0.2) is 27.2 Å². The third kappa shape index (κ3) is 1.14. The van der Waals surface area contributed by atoms with Crippen molar-refractivity contribution in [3.05, 3.63) is 28.0 Å². The molecule has 0 saturated heterocycles. The molecule has 0 atom stereocenters. The van der Waals surface area contributed by atoms with Gasteiger partial charge in [0.1, 0.15) is 5.52 Å². The van der Waals surface area contributed by atoms with Crippen molar-refractivity contribution in [3.8, 4) is 0 Å². The smallest absolute Gasteiger partial charge is 0.196 e. The Bertz CT molecular complexity index is 398. The van der Waals surface area contributed by atoms with Crippen molar-refractivity contribution in [1.29, 1.82) is 0 Å². The summed E-state index contributed by atoms with van der Waals surface area (Å²) in [5, 5.41) is 0.361. The summed E-state index contributed by atoms with van der Waals surface area (Å²) < 4.78 is 6.02. The van der Waals surface area contributed by atoms with Crippen LogP contribution in [-0.2, 0) is 0 Å². The van der Waals surface area contributed by atoms with Crippen molar-refractivity contribution in [2.75, 3.05) is 0 Å². The van der Waals surface area contributed by atoms with E-state index in [1.807, 2.05) is 6.07 Å². The van der Waals surface area contributed by atoms with E-state index in [0.717, 1.165) is 9.99 Å². The molecule has 0 amide bonds. The van der Waals surface area contributed by atoms with Crippen molar-refractivity contribution < 1.29 is 4.42 Å². The third-order valence-electron chi connectivity index (χ3n) is 1.33. The zero-order chi connectivity index (χ0) is 7.84. The SMILES string of the molecule is Clc1cc2nccc(Br)c2o1. The van der Waals surface area contributed by atoms with Crippen LogP contribution in [0.4, 0.5) is 0 Å². The Morgan fingerprint density at radius 3 is 3.09 bits per heavy atom. The van der Waals surface area contributed by atoms with Gasteiger partial charge in [0.05, 0.1) is 4.47 Å². The number of hydrogen-bond acceptors (Lipinski definition) is 2. The van der Waals surface area contributed by atoms with Gasteiger partial charge >= 0.3 is 0 Å². The van der Waals surface area contributed by atoms with Gasteiger partial charge in [0.15, 0.2) is 10.8 Å². The second-order valence-corrected chi connectivity index (χ2v) is 3.28. The molecule has 2 aromatic heterocycles. The molecule has 2 aromatic rings. The number of furan rings is 1. The van der Waals surface area contributed by atoms with E-state index in [2.05, 4.69) is 20.9 Å². The number of fused-ring (bicyclic) bond motifs is 1. The minimum atomic E-state index is 0.361. The van der Waals surface area contributed by atoms with E-state index >= 15 is 0 Å². The van der Waals surface area contributed by atoms with Crippen LogP contribution in [0.2, 0.25) is 5.22 Å². The molecule has 0 aliphatic heterocycles. The molecule has 4 heteroatoms. The molecule has 2 nitrogen and oxygen atoms in total. The zero-order valence-corrected chi connectivity index (χ0v) is 7.69. The Labute approximate surface area is 76.3 Å². The summed E-state index contributed by atoms with van der Waals surface area (Å²) >= 11 is 8.95. The zero-order valence-electron chi connectivity index (χ0n) is 5.34. The fourth-order valence-corrected chi connectivity index (χ4v) is 1.46. The molecular weight excluding hydrogens is 229 g/mol. The summed E-state index contributed by atoms with van der Waals surface area (Å²) in [6.07, 6.45) is 1.69. The van der Waals surface area contributed by atoms with Crippen LogP contribution in [-0.4, -0.2) is 4.98 Å². The summed E-state index contributed by atoms with van der Waals surface area (Å²) in [6.45, 7) is 0. The molecular formula is C7H3BrClNO. The predicted octanol–water partition coefficient (Wildman–Crippen LogP) is 3.24. The van der Waals surface area contributed by atoms with E-state index in [0.29, 0.717) is 10.8 Å². The molecule has 2 rings (SSSR count). The summed E-state index contributed by atoms with van der Waals surface area (Å²) in [5.41, 5.74) is 1.46. The molecule has 0 radical (unpaired) electrons. The van der Waals surface area contributed by atoms with Crippen molar-refractivity contribution in [1.82, 2.24) is 4.98 Å². The largest absolute Gasteiger partial charge is 0.442 e. The van der Waals surface area contributed by atoms with Gasteiger partial charge < -0.3 is 4.42 Å². The van der Waals surface area contributed by atoms with Crippen LogP contribution in [0.5, 0.6) is 0 Å². The van der Waals surface area contributed by atoms with Gasteiger partial charge in [-0.1, -0.05) is 0 Å². The summed E-state index contributed by atoms with van der Waals surface area (Å²) in [7, 11) is 0. The number of pyridine rings is 1. The van der Waals surface area contributed by atoms with Gasteiger partial charge in [-0.2, -0.15) is 0 Å². The highest BCUT2D eigenvalue weighted by molar-refractivity contribution is 9.10. The first-order valence-electron chi connectivity index (χ1n) is 2.97. The quantitative estimate of drug-likeness (QED) is 0.697. The maximum atomic E-state index is 5.63. The average Bonchev–Trinajstić information content (AvgIpc) is 2.31. The molecule has 11 heavy (non-hydrogen) atoms. The van der Waals surface area contributed by atoms with E-state index in [4.69, 9.17) is 16.0 Å². The fourth-order valence-electron chi connectivity index (χ4n) is 0.878. The van der Waals surface area contributed by atoms with Gasteiger partial charge in [0.2, 0.25) is 0 Å². The van der Waals surface area contributed by atoms with Gasteiger partial charge in [-0.15, -0.1) is 0 Å². The maximum absolute atomic E-state index is 5.63. The van der Waals surface area contributed by atoms with Crippen molar-refractivity contribution in [3.63, 3.8) is 0 Å². The minimum Gasteiger partial charge on any atom is -0.442 e. The molecule has 56 valence electrons. The van der Waals surface area contributed by atoms with Gasteiger partial charge in [-0.3, -0.25) is 4.98 Å². The van der Waals surface area contributed by atoms with Crippen LogP contribution in [0, 0.1) is 0 Å². The lowest BCUT2D eigenvalue weighted by molar-refractivity contribution is 0.615. The molecule has 0 saturated carbocycles. The van der Waals surface area contributed by atoms with E-state index in [9.17, 15) is 0 Å². The molecule has 2 heterocycles. The first-order chi connectivity index (χ1) is 5.27. The number of aromatic nitrogens is 1. The fraction of sp³-hybridized carbons (Fsp3) is 0. The number of nitrogens with zero attached hydrogens (tertiary/aromatic N) is 1. The topological polar surface area (TPSA) is 26.0 Å². The predicted molar refractivity (Wildman–Crippen MR) is 46.7 cm³/mol. The summed E-state index contributed by atoms with van der Waals surface area (Å²) in [5.74, 6) is 0. The monoisotopic (exact) mass is 231 g/mol. The highest BCUT2D eigenvalue weighted by atomic mass is 79.9. The molecule has 0 bridgehead atoms. The van der Waals surface area contributed by atoms with Gasteiger partial charge in [0.25, 0.3) is 0 Å². The van der Waals surface area contributed by atoms with Gasteiger partial charge in [0, 0.05) is 12.3 Å². The highest BCUT2D eigenvalue weighted by Crippen LogP contribution is 2.27. The van der Waals surface area contributed by atoms with E-state index in [-0.39, 0.29) is 0 Å². The Morgan fingerprint density at radius 1 is 1.55 bits per heavy atom. The first-order valence-corrected chi connectivity index (χ1v) is 4.14. The second kappa shape index (κ2) is 2.50. The van der Waals surface area contributed by atoms with E-state index in [1.54, 1.807) is 12.3 Å². The Hall–Kier alpha value is -0.540. The molecule has 0 fully saturated rings. The van der Waals surface area contributed by atoms with E-state index < -0.39 is 0 Å². The van der Waals surface area contributed by atoms with Crippen LogP contribution in [0.3, 0.4) is 0 Å². The number of rotatable bonds is 0. The minimum absolute atomic E-state index is 0.361. The first kappa shape index (κ1) is 7.13. The summed E-state index contributed by atoms with van der Waals surface area (Å²) in [6, 6.07) is 3.49. The number of hydrogen-bond donors (Lipinski definition) is 0. The van der Waals surface area contributed by atoms with Crippen LogP contribution < -0.4 is 0 Å². The molecule has 0 N–H and O–H groups in total. The lowest BCUT2D eigenvalue weighted by Crippen LogP contribution is -1.70. The van der Waals surface area contributed by atoms with Crippen LogP contribution >= 0.6 is 27.5 Å². The van der Waals surface area contributed by atoms with Crippen molar-refractivity contribution in [2.45, 2.75) is 0 Å². The van der Waals surface area contributed by atoms with Gasteiger partial charge in [-0.25, -0.2) is 0 Å². The van der Waals surface area contributed by atoms with Crippen LogP contribution in [0.25, 0.3) is 11.1 Å². The lowest BCUT2D eigenvalue weighted by Gasteiger charge is -1.88. The molecule has 0 aliphatic rings. The summed E-state index contributed by atoms with van der Waals surface area (Å²) in [4.78, 5) is 4.05. The number of halogens is 2. The Balaban J connectivity index is 2.90. The Kier molecular flexibility index (Phi) is 1.62. The maximum Gasteiger partial charge on any atom is 0.196 e. The van der Waals surface area contributed by atoms with Crippen molar-refractivity contribution >= 4 is 38.6 Å². The van der Waals surface area contributed by atoms with Crippen LogP contribution in [0.1, 0.15) is 0 Å². The standard InChI is InChI=1S/C7H3BrClNO/c8-4-1-2-10-5-3-6(9)11-7(4)5/h1-3H. The lowest BCUT2D eigenvalue weighted by atomic mass is 10.4. The second-order valence-electron chi connectivity index (χ2n) is 2.06. The highest BCUT2D eigenvalue weighted by Gasteiger charge is 2.04.